The van der Waals surface area contributed by atoms with Crippen molar-refractivity contribution >= 4 is 17.0 Å². The van der Waals surface area contributed by atoms with E-state index in [1.165, 1.54) is 13.4 Å². The standard InChI is InChI=1S/C25H25N5O4/c1-16-14-33-10-9-30(16)25(31)34-22-11-18-20(12-21(22)32-3)26-15-27-24(18)19-13-29(2)28-23(19)17-7-5-4-6-8-17/h4-8,11-13,15-16H,9-10,14H2,1-3H3/t16-/m0/s1. The number of amides is 1. The average Bonchev–Trinajstić information content (AvgIpc) is 3.25. The third-order valence-corrected chi connectivity index (χ3v) is 5.85. The number of methoxy groups -OCH3 is 1. The van der Waals surface area contributed by atoms with Crippen molar-refractivity contribution in [3.05, 3.63) is 55.0 Å². The molecule has 0 bridgehead atoms. The van der Waals surface area contributed by atoms with Crippen LogP contribution in [0.25, 0.3) is 33.4 Å². The first-order chi connectivity index (χ1) is 16.5. The first-order valence-electron chi connectivity index (χ1n) is 11.0. The highest BCUT2D eigenvalue weighted by molar-refractivity contribution is 5.97. The number of aryl methyl sites for hydroxylation is 1. The number of hydrogen-bond donors (Lipinski definition) is 0. The Morgan fingerprint density at radius 3 is 2.71 bits per heavy atom. The molecule has 4 aromatic rings. The summed E-state index contributed by atoms with van der Waals surface area (Å²) in [6.45, 7) is 3.36. The van der Waals surface area contributed by atoms with Crippen molar-refractivity contribution in [1.29, 1.82) is 0 Å². The molecule has 9 nitrogen and oxygen atoms in total. The molecule has 0 aliphatic carbocycles. The third kappa shape index (κ3) is 4.06. The van der Waals surface area contributed by atoms with Crippen LogP contribution in [0.4, 0.5) is 4.79 Å². The van der Waals surface area contributed by atoms with Crippen molar-refractivity contribution in [3.63, 3.8) is 0 Å². The van der Waals surface area contributed by atoms with Crippen LogP contribution in [0.15, 0.2) is 55.0 Å². The summed E-state index contributed by atoms with van der Waals surface area (Å²) in [7, 11) is 3.41. The molecule has 9 heteroatoms. The molecule has 1 atom stereocenters. The van der Waals surface area contributed by atoms with Crippen molar-refractivity contribution in [1.82, 2.24) is 24.6 Å². The van der Waals surface area contributed by atoms with Gasteiger partial charge in [0.1, 0.15) is 12.0 Å². The maximum Gasteiger partial charge on any atom is 0.415 e. The molecule has 2 aromatic heterocycles. The first kappa shape index (κ1) is 21.8. The maximum atomic E-state index is 12.9. The quantitative estimate of drug-likeness (QED) is 0.457. The van der Waals surface area contributed by atoms with Gasteiger partial charge in [-0.1, -0.05) is 30.3 Å². The maximum absolute atomic E-state index is 12.9. The van der Waals surface area contributed by atoms with Crippen molar-refractivity contribution < 1.29 is 19.0 Å². The number of ether oxygens (including phenoxy) is 3. The van der Waals surface area contributed by atoms with E-state index in [1.807, 2.05) is 50.5 Å². The lowest BCUT2D eigenvalue weighted by Gasteiger charge is -2.32. The molecule has 1 aliphatic rings. The topological polar surface area (TPSA) is 91.6 Å². The number of fused-ring (bicyclic) bond motifs is 1. The largest absolute Gasteiger partial charge is 0.493 e. The molecule has 0 N–H and O–H groups in total. The summed E-state index contributed by atoms with van der Waals surface area (Å²) in [5.74, 6) is 0.723. The smallest absolute Gasteiger partial charge is 0.415 e. The van der Waals surface area contributed by atoms with E-state index < -0.39 is 6.09 Å². The van der Waals surface area contributed by atoms with Gasteiger partial charge in [0.2, 0.25) is 0 Å². The number of aromatic nitrogens is 4. The molecule has 0 saturated carbocycles. The molecule has 1 saturated heterocycles. The Balaban J connectivity index is 1.60. The Hall–Kier alpha value is -3.98. The van der Waals surface area contributed by atoms with Crippen LogP contribution >= 0.6 is 0 Å². The summed E-state index contributed by atoms with van der Waals surface area (Å²) in [4.78, 5) is 23.6. The summed E-state index contributed by atoms with van der Waals surface area (Å²) in [5.41, 5.74) is 4.00. The molecule has 0 spiro atoms. The summed E-state index contributed by atoms with van der Waals surface area (Å²) in [5, 5.41) is 5.39. The van der Waals surface area contributed by atoms with E-state index in [-0.39, 0.29) is 6.04 Å². The normalized spacial score (nSPS) is 16.0. The van der Waals surface area contributed by atoms with Gasteiger partial charge < -0.3 is 19.1 Å². The number of morpholine rings is 1. The molecule has 1 amide bonds. The van der Waals surface area contributed by atoms with Gasteiger partial charge in [0.05, 0.1) is 37.6 Å². The molecule has 34 heavy (non-hydrogen) atoms. The molecule has 0 radical (unpaired) electrons. The lowest BCUT2D eigenvalue weighted by Crippen LogP contribution is -2.48. The van der Waals surface area contributed by atoms with Gasteiger partial charge in [-0.15, -0.1) is 0 Å². The van der Waals surface area contributed by atoms with Gasteiger partial charge in [0.15, 0.2) is 11.5 Å². The first-order valence-corrected chi connectivity index (χ1v) is 11.0. The second-order valence-corrected chi connectivity index (χ2v) is 8.16. The molecule has 1 fully saturated rings. The monoisotopic (exact) mass is 459 g/mol. The number of hydrogen-bond acceptors (Lipinski definition) is 7. The number of carbonyl (C=O) groups excluding carboxylic acids is 1. The molecule has 1 aliphatic heterocycles. The Morgan fingerprint density at radius 2 is 1.94 bits per heavy atom. The third-order valence-electron chi connectivity index (χ3n) is 5.85. The van der Waals surface area contributed by atoms with Crippen LogP contribution in [0.1, 0.15) is 6.92 Å². The molecule has 174 valence electrons. The Morgan fingerprint density at radius 1 is 1.12 bits per heavy atom. The predicted molar refractivity (Wildman–Crippen MR) is 127 cm³/mol. The van der Waals surface area contributed by atoms with Gasteiger partial charge >= 0.3 is 6.09 Å². The predicted octanol–water partition coefficient (Wildman–Crippen LogP) is 3.93. The fourth-order valence-corrected chi connectivity index (χ4v) is 4.14. The lowest BCUT2D eigenvalue weighted by molar-refractivity contribution is 0.00834. The molecule has 0 unspecified atom stereocenters. The zero-order chi connectivity index (χ0) is 23.7. The van der Waals surface area contributed by atoms with Gasteiger partial charge in [-0.2, -0.15) is 5.10 Å². The molecular formula is C25H25N5O4. The van der Waals surface area contributed by atoms with Crippen LogP contribution in [0.3, 0.4) is 0 Å². The lowest BCUT2D eigenvalue weighted by atomic mass is 10.0. The van der Waals surface area contributed by atoms with E-state index in [0.717, 1.165) is 22.2 Å². The van der Waals surface area contributed by atoms with E-state index in [4.69, 9.17) is 14.2 Å². The van der Waals surface area contributed by atoms with Crippen LogP contribution in [0, 0.1) is 0 Å². The Kier molecular flexibility index (Phi) is 5.85. The minimum absolute atomic E-state index is 0.0737. The zero-order valence-electron chi connectivity index (χ0n) is 19.3. The van der Waals surface area contributed by atoms with Crippen molar-refractivity contribution in [2.45, 2.75) is 13.0 Å². The highest BCUT2D eigenvalue weighted by Gasteiger charge is 2.27. The van der Waals surface area contributed by atoms with Gasteiger partial charge in [-0.25, -0.2) is 14.8 Å². The van der Waals surface area contributed by atoms with Crippen LogP contribution in [-0.2, 0) is 11.8 Å². The van der Waals surface area contributed by atoms with E-state index in [1.54, 1.807) is 21.7 Å². The minimum atomic E-state index is -0.446. The number of rotatable bonds is 4. The van der Waals surface area contributed by atoms with Gasteiger partial charge in [-0.3, -0.25) is 4.68 Å². The molecule has 5 rings (SSSR count). The minimum Gasteiger partial charge on any atom is -0.493 e. The van der Waals surface area contributed by atoms with E-state index >= 15 is 0 Å². The number of benzene rings is 2. The summed E-state index contributed by atoms with van der Waals surface area (Å²) in [6.07, 6.45) is 2.99. The molecular weight excluding hydrogens is 434 g/mol. The van der Waals surface area contributed by atoms with Crippen LogP contribution in [0.2, 0.25) is 0 Å². The number of nitrogens with zero attached hydrogens (tertiary/aromatic N) is 5. The second-order valence-electron chi connectivity index (χ2n) is 8.16. The summed E-state index contributed by atoms with van der Waals surface area (Å²) >= 11 is 0. The summed E-state index contributed by atoms with van der Waals surface area (Å²) < 4.78 is 18.5. The second kappa shape index (κ2) is 9.11. The van der Waals surface area contributed by atoms with Crippen LogP contribution < -0.4 is 9.47 Å². The zero-order valence-corrected chi connectivity index (χ0v) is 19.3. The highest BCUT2D eigenvalue weighted by atomic mass is 16.6. The van der Waals surface area contributed by atoms with Gasteiger partial charge in [0, 0.05) is 42.4 Å². The van der Waals surface area contributed by atoms with Gasteiger partial charge in [-0.05, 0) is 13.0 Å². The molecule has 3 heterocycles. The van der Waals surface area contributed by atoms with Crippen molar-refractivity contribution in [2.75, 3.05) is 26.9 Å². The summed E-state index contributed by atoms with van der Waals surface area (Å²) in [6, 6.07) is 13.4. The fraction of sp³-hybridized carbons (Fsp3) is 0.280. The average molecular weight is 460 g/mol. The Labute approximate surface area is 196 Å². The van der Waals surface area contributed by atoms with E-state index in [9.17, 15) is 4.79 Å². The van der Waals surface area contributed by atoms with Crippen LogP contribution in [-0.4, -0.2) is 63.7 Å². The number of carbonyl (C=O) groups is 1. The van der Waals surface area contributed by atoms with Crippen molar-refractivity contribution in [2.24, 2.45) is 7.05 Å². The fourth-order valence-electron chi connectivity index (χ4n) is 4.14. The Bertz CT molecular complexity index is 1340. The van der Waals surface area contributed by atoms with Crippen LogP contribution in [0.5, 0.6) is 11.5 Å². The SMILES string of the molecule is COc1cc2ncnc(-c3cn(C)nc3-c3ccccc3)c2cc1OC(=O)N1CCOC[C@@H]1C. The van der Waals surface area contributed by atoms with E-state index in [0.29, 0.717) is 42.5 Å². The van der Waals surface area contributed by atoms with Crippen molar-refractivity contribution in [3.8, 4) is 34.0 Å². The van der Waals surface area contributed by atoms with Gasteiger partial charge in [0.25, 0.3) is 0 Å². The van der Waals surface area contributed by atoms with E-state index in [2.05, 4.69) is 15.1 Å². The molecule has 2 aromatic carbocycles. The highest BCUT2D eigenvalue weighted by Crippen LogP contribution is 2.38.